The van der Waals surface area contributed by atoms with Gasteiger partial charge in [-0.15, -0.1) is 0 Å². The smallest absolute Gasteiger partial charge is 0.131 e. The van der Waals surface area contributed by atoms with Gasteiger partial charge in [-0.2, -0.15) is 5.10 Å². The molecule has 2 rings (SSSR count). The number of aryl methyl sites for hydroxylation is 2. The standard InChI is InChI=1S/C14H22N4O/c1-5-15-8-13-11(2)16-18(4)14(13)17(3)9-12-6-7-19-10-12/h6-7,10,15H,5,8-9H2,1-4H3. The summed E-state index contributed by atoms with van der Waals surface area (Å²) in [6.07, 6.45) is 3.49. The van der Waals surface area contributed by atoms with Crippen molar-refractivity contribution in [2.24, 2.45) is 7.05 Å². The van der Waals surface area contributed by atoms with Crippen LogP contribution in [0.15, 0.2) is 23.0 Å². The highest BCUT2D eigenvalue weighted by Gasteiger charge is 2.16. The van der Waals surface area contributed by atoms with Crippen LogP contribution in [0.2, 0.25) is 0 Å². The van der Waals surface area contributed by atoms with Crippen molar-refractivity contribution in [3.05, 3.63) is 35.4 Å². The fourth-order valence-corrected chi connectivity index (χ4v) is 2.36. The number of aromatic nitrogens is 2. The van der Waals surface area contributed by atoms with Gasteiger partial charge in [0.15, 0.2) is 0 Å². The van der Waals surface area contributed by atoms with E-state index >= 15 is 0 Å². The highest BCUT2D eigenvalue weighted by molar-refractivity contribution is 5.49. The molecule has 19 heavy (non-hydrogen) atoms. The maximum atomic E-state index is 5.12. The Hall–Kier alpha value is -1.75. The fourth-order valence-electron chi connectivity index (χ4n) is 2.36. The maximum Gasteiger partial charge on any atom is 0.131 e. The van der Waals surface area contributed by atoms with Gasteiger partial charge in [-0.3, -0.25) is 4.68 Å². The Kier molecular flexibility index (Phi) is 4.27. The molecule has 0 atom stereocenters. The van der Waals surface area contributed by atoms with Crippen LogP contribution in [-0.2, 0) is 20.1 Å². The van der Waals surface area contributed by atoms with Gasteiger partial charge in [0.25, 0.3) is 0 Å². The molecule has 2 aromatic rings. The Labute approximate surface area is 114 Å². The summed E-state index contributed by atoms with van der Waals surface area (Å²) in [4.78, 5) is 2.21. The van der Waals surface area contributed by atoms with Crippen molar-refractivity contribution < 1.29 is 4.42 Å². The Morgan fingerprint density at radius 2 is 2.26 bits per heavy atom. The highest BCUT2D eigenvalue weighted by atomic mass is 16.3. The number of nitrogens with one attached hydrogen (secondary N) is 1. The molecule has 1 N–H and O–H groups in total. The molecule has 104 valence electrons. The topological polar surface area (TPSA) is 46.2 Å². The van der Waals surface area contributed by atoms with Crippen molar-refractivity contribution in [3.8, 4) is 0 Å². The quantitative estimate of drug-likeness (QED) is 0.865. The largest absolute Gasteiger partial charge is 0.472 e. The predicted octanol–water partition coefficient (Wildman–Crippen LogP) is 2.07. The Balaban J connectivity index is 2.22. The van der Waals surface area contributed by atoms with E-state index in [1.165, 1.54) is 5.56 Å². The summed E-state index contributed by atoms with van der Waals surface area (Å²) in [6, 6.07) is 1.99. The minimum atomic E-state index is 0.814. The normalized spacial score (nSPS) is 10.9. The van der Waals surface area contributed by atoms with E-state index in [1.807, 2.05) is 17.8 Å². The first-order valence-electron chi connectivity index (χ1n) is 6.58. The van der Waals surface area contributed by atoms with Crippen LogP contribution in [0.1, 0.15) is 23.7 Å². The van der Waals surface area contributed by atoms with Gasteiger partial charge in [0.05, 0.1) is 18.2 Å². The van der Waals surface area contributed by atoms with Crippen molar-refractivity contribution >= 4 is 5.82 Å². The van der Waals surface area contributed by atoms with Crippen molar-refractivity contribution in [1.29, 1.82) is 0 Å². The van der Waals surface area contributed by atoms with E-state index in [1.54, 1.807) is 12.5 Å². The SMILES string of the molecule is CCNCc1c(C)nn(C)c1N(C)Cc1ccoc1. The number of anilines is 1. The molecular formula is C14H22N4O. The predicted molar refractivity (Wildman–Crippen MR) is 76.1 cm³/mol. The molecule has 5 heteroatoms. The van der Waals surface area contributed by atoms with Gasteiger partial charge in [-0.05, 0) is 19.5 Å². The van der Waals surface area contributed by atoms with E-state index in [4.69, 9.17) is 4.42 Å². The number of furan rings is 1. The lowest BCUT2D eigenvalue weighted by molar-refractivity contribution is 0.563. The molecule has 0 aliphatic carbocycles. The van der Waals surface area contributed by atoms with Gasteiger partial charge in [-0.1, -0.05) is 6.92 Å². The second-order valence-electron chi connectivity index (χ2n) is 4.78. The third-order valence-corrected chi connectivity index (χ3v) is 3.23. The molecule has 0 aromatic carbocycles. The van der Waals surface area contributed by atoms with Gasteiger partial charge >= 0.3 is 0 Å². The monoisotopic (exact) mass is 262 g/mol. The lowest BCUT2D eigenvalue weighted by Gasteiger charge is -2.20. The fraction of sp³-hybridized carbons (Fsp3) is 0.500. The molecule has 0 unspecified atom stereocenters. The van der Waals surface area contributed by atoms with Gasteiger partial charge in [-0.25, -0.2) is 0 Å². The van der Waals surface area contributed by atoms with Crippen LogP contribution in [-0.4, -0.2) is 23.4 Å². The second kappa shape index (κ2) is 5.93. The zero-order valence-electron chi connectivity index (χ0n) is 12.1. The van der Waals surface area contributed by atoms with Crippen LogP contribution in [0, 0.1) is 6.92 Å². The van der Waals surface area contributed by atoms with Crippen LogP contribution in [0.5, 0.6) is 0 Å². The molecule has 0 spiro atoms. The van der Waals surface area contributed by atoms with Crippen molar-refractivity contribution in [2.45, 2.75) is 26.9 Å². The summed E-state index contributed by atoms with van der Waals surface area (Å²) >= 11 is 0. The lowest BCUT2D eigenvalue weighted by Crippen LogP contribution is -2.22. The van der Waals surface area contributed by atoms with Crippen LogP contribution in [0.4, 0.5) is 5.82 Å². The summed E-state index contributed by atoms with van der Waals surface area (Å²) in [7, 11) is 4.07. The van der Waals surface area contributed by atoms with E-state index in [0.29, 0.717) is 0 Å². The minimum absolute atomic E-state index is 0.814. The first kappa shape index (κ1) is 13.7. The molecule has 0 saturated carbocycles. The number of hydrogen-bond acceptors (Lipinski definition) is 4. The van der Waals surface area contributed by atoms with Crippen molar-refractivity contribution in [2.75, 3.05) is 18.5 Å². The highest BCUT2D eigenvalue weighted by Crippen LogP contribution is 2.23. The van der Waals surface area contributed by atoms with Crippen LogP contribution in [0.25, 0.3) is 0 Å². The van der Waals surface area contributed by atoms with Crippen molar-refractivity contribution in [1.82, 2.24) is 15.1 Å². The molecule has 0 aliphatic rings. The van der Waals surface area contributed by atoms with E-state index in [-0.39, 0.29) is 0 Å². The summed E-state index contributed by atoms with van der Waals surface area (Å²) < 4.78 is 7.07. The summed E-state index contributed by atoms with van der Waals surface area (Å²) in [5.41, 5.74) is 3.50. The molecule has 0 amide bonds. The first-order valence-corrected chi connectivity index (χ1v) is 6.58. The zero-order chi connectivity index (χ0) is 13.8. The molecule has 0 fully saturated rings. The van der Waals surface area contributed by atoms with E-state index in [2.05, 4.69) is 36.2 Å². The van der Waals surface area contributed by atoms with E-state index in [0.717, 1.165) is 36.7 Å². The van der Waals surface area contributed by atoms with E-state index in [9.17, 15) is 0 Å². The van der Waals surface area contributed by atoms with E-state index < -0.39 is 0 Å². The van der Waals surface area contributed by atoms with Gasteiger partial charge in [0.1, 0.15) is 5.82 Å². The lowest BCUT2D eigenvalue weighted by atomic mass is 10.2. The number of rotatable bonds is 6. The first-order chi connectivity index (χ1) is 9.13. The molecular weight excluding hydrogens is 240 g/mol. The molecule has 0 aliphatic heterocycles. The molecule has 5 nitrogen and oxygen atoms in total. The van der Waals surface area contributed by atoms with Gasteiger partial charge in [0.2, 0.25) is 0 Å². The molecule has 0 radical (unpaired) electrons. The second-order valence-corrected chi connectivity index (χ2v) is 4.78. The molecule has 2 heterocycles. The van der Waals surface area contributed by atoms with Gasteiger partial charge < -0.3 is 14.6 Å². The molecule has 2 aromatic heterocycles. The van der Waals surface area contributed by atoms with Crippen molar-refractivity contribution in [3.63, 3.8) is 0 Å². The Morgan fingerprint density at radius 3 is 2.89 bits per heavy atom. The van der Waals surface area contributed by atoms with Gasteiger partial charge in [0, 0.05) is 38.3 Å². The molecule has 0 bridgehead atoms. The minimum Gasteiger partial charge on any atom is -0.472 e. The number of nitrogens with zero attached hydrogens (tertiary/aromatic N) is 3. The zero-order valence-corrected chi connectivity index (χ0v) is 12.1. The molecule has 0 saturated heterocycles. The Bertz CT molecular complexity index is 516. The number of hydrogen-bond donors (Lipinski definition) is 1. The summed E-state index contributed by atoms with van der Waals surface area (Å²) in [6.45, 7) is 6.79. The van der Waals surface area contributed by atoms with Crippen LogP contribution >= 0.6 is 0 Å². The maximum absolute atomic E-state index is 5.12. The average Bonchev–Trinajstić information content (AvgIpc) is 2.94. The average molecular weight is 262 g/mol. The van der Waals surface area contributed by atoms with Crippen LogP contribution in [0.3, 0.4) is 0 Å². The Morgan fingerprint density at radius 1 is 1.47 bits per heavy atom. The van der Waals surface area contributed by atoms with Crippen LogP contribution < -0.4 is 10.2 Å². The summed E-state index contributed by atoms with van der Waals surface area (Å²) in [5.74, 6) is 1.15. The third kappa shape index (κ3) is 2.98. The summed E-state index contributed by atoms with van der Waals surface area (Å²) in [5, 5.41) is 7.90. The third-order valence-electron chi connectivity index (χ3n) is 3.23.